The van der Waals surface area contributed by atoms with E-state index in [9.17, 15) is 0 Å². The van der Waals surface area contributed by atoms with Gasteiger partial charge in [0.1, 0.15) is 5.82 Å². The van der Waals surface area contributed by atoms with Gasteiger partial charge in [0.15, 0.2) is 0 Å². The highest BCUT2D eigenvalue weighted by molar-refractivity contribution is 5.81. The summed E-state index contributed by atoms with van der Waals surface area (Å²) in [6, 6.07) is 6.38. The van der Waals surface area contributed by atoms with Gasteiger partial charge in [-0.15, -0.1) is 0 Å². The molecule has 1 N–H and O–H groups in total. The van der Waals surface area contributed by atoms with E-state index in [1.807, 2.05) is 25.0 Å². The lowest BCUT2D eigenvalue weighted by Crippen LogP contribution is -2.10. The molecule has 0 bridgehead atoms. The summed E-state index contributed by atoms with van der Waals surface area (Å²) < 4.78 is 4.18. The molecule has 0 fully saturated rings. The van der Waals surface area contributed by atoms with E-state index in [1.165, 1.54) is 0 Å². The molecule has 0 unspecified atom stereocenters. The van der Waals surface area contributed by atoms with Crippen molar-refractivity contribution in [3.8, 4) is 11.3 Å². The summed E-state index contributed by atoms with van der Waals surface area (Å²) in [4.78, 5) is 9.06. The topological polar surface area (TPSA) is 47.7 Å². The van der Waals surface area contributed by atoms with Crippen molar-refractivity contribution in [1.82, 2.24) is 24.4 Å². The Bertz CT molecular complexity index is 766. The molecular weight excluding hydrogens is 250 g/mol. The number of hydrogen-bond donors (Lipinski definition) is 1. The summed E-state index contributed by atoms with van der Waals surface area (Å²) in [6.45, 7) is 2.82. The van der Waals surface area contributed by atoms with Crippen LogP contribution in [0.2, 0.25) is 0 Å². The maximum Gasteiger partial charge on any atom is 0.123 e. The molecule has 3 rings (SSSR count). The Morgan fingerprint density at radius 1 is 1.25 bits per heavy atom. The third-order valence-corrected chi connectivity index (χ3v) is 3.70. The van der Waals surface area contributed by atoms with Crippen LogP contribution in [-0.4, -0.2) is 26.1 Å². The number of hydrogen-bond acceptors (Lipinski definition) is 3. The molecule has 0 spiro atoms. The average Bonchev–Trinajstić information content (AvgIpc) is 2.92. The molecule has 5 heteroatoms. The van der Waals surface area contributed by atoms with Crippen LogP contribution in [-0.2, 0) is 20.6 Å². The highest BCUT2D eigenvalue weighted by Gasteiger charge is 2.13. The van der Waals surface area contributed by atoms with E-state index in [0.29, 0.717) is 0 Å². The van der Waals surface area contributed by atoms with Gasteiger partial charge in [-0.1, -0.05) is 6.07 Å². The molecule has 0 saturated carbocycles. The van der Waals surface area contributed by atoms with Crippen LogP contribution in [0.4, 0.5) is 0 Å². The number of fused-ring (bicyclic) bond motifs is 1. The summed E-state index contributed by atoms with van der Waals surface area (Å²) in [5.74, 6) is 1.04. The van der Waals surface area contributed by atoms with Crippen LogP contribution >= 0.6 is 0 Å². The van der Waals surface area contributed by atoms with Gasteiger partial charge < -0.3 is 14.5 Å². The van der Waals surface area contributed by atoms with Crippen LogP contribution in [0.15, 0.2) is 24.5 Å². The third-order valence-electron chi connectivity index (χ3n) is 3.70. The quantitative estimate of drug-likeness (QED) is 0.791. The van der Waals surface area contributed by atoms with Crippen LogP contribution in [0.1, 0.15) is 11.5 Å². The number of aryl methyl sites for hydroxylation is 2. The van der Waals surface area contributed by atoms with Gasteiger partial charge in [0, 0.05) is 19.7 Å². The first-order valence-electron chi connectivity index (χ1n) is 6.70. The van der Waals surface area contributed by atoms with E-state index in [-0.39, 0.29) is 0 Å². The second-order valence-electron chi connectivity index (χ2n) is 5.11. The van der Waals surface area contributed by atoms with E-state index in [2.05, 4.69) is 52.0 Å². The SMILES string of the molecule is CNCc1nc(C)c(-c2ccc3c(c2)ncn3C)n1C. The molecule has 0 atom stereocenters. The van der Waals surface area contributed by atoms with Crippen molar-refractivity contribution in [1.29, 1.82) is 0 Å². The lowest BCUT2D eigenvalue weighted by atomic mass is 10.1. The number of imidazole rings is 2. The summed E-state index contributed by atoms with van der Waals surface area (Å²) >= 11 is 0. The zero-order chi connectivity index (χ0) is 14.3. The zero-order valence-electron chi connectivity index (χ0n) is 12.3. The van der Waals surface area contributed by atoms with Crippen LogP contribution in [0, 0.1) is 6.92 Å². The van der Waals surface area contributed by atoms with E-state index in [4.69, 9.17) is 0 Å². The number of nitrogens with zero attached hydrogens (tertiary/aromatic N) is 4. The molecule has 0 radical (unpaired) electrons. The van der Waals surface area contributed by atoms with Crippen LogP contribution in [0.3, 0.4) is 0 Å². The van der Waals surface area contributed by atoms with Crippen LogP contribution in [0.5, 0.6) is 0 Å². The van der Waals surface area contributed by atoms with Crippen molar-refractivity contribution >= 4 is 11.0 Å². The van der Waals surface area contributed by atoms with Crippen molar-refractivity contribution < 1.29 is 0 Å². The van der Waals surface area contributed by atoms with Crippen molar-refractivity contribution in [3.05, 3.63) is 36.0 Å². The number of benzene rings is 1. The van der Waals surface area contributed by atoms with Crippen LogP contribution in [0.25, 0.3) is 22.3 Å². The largest absolute Gasteiger partial charge is 0.334 e. The summed E-state index contributed by atoms with van der Waals surface area (Å²) in [6.07, 6.45) is 1.84. The summed E-state index contributed by atoms with van der Waals surface area (Å²) in [7, 11) is 6.00. The molecule has 2 heterocycles. The predicted octanol–water partition coefficient (Wildman–Crippen LogP) is 2.00. The average molecular weight is 269 g/mol. The molecule has 20 heavy (non-hydrogen) atoms. The maximum atomic E-state index is 4.64. The first kappa shape index (κ1) is 12.9. The van der Waals surface area contributed by atoms with E-state index in [0.717, 1.165) is 40.4 Å². The molecule has 104 valence electrons. The zero-order valence-corrected chi connectivity index (χ0v) is 12.3. The molecule has 0 aliphatic carbocycles. The Morgan fingerprint density at radius 3 is 2.80 bits per heavy atom. The first-order valence-corrected chi connectivity index (χ1v) is 6.70. The minimum Gasteiger partial charge on any atom is -0.334 e. The van der Waals surface area contributed by atoms with Gasteiger partial charge in [0.2, 0.25) is 0 Å². The van der Waals surface area contributed by atoms with Gasteiger partial charge in [-0.05, 0) is 26.1 Å². The van der Waals surface area contributed by atoms with Gasteiger partial charge in [0.05, 0.1) is 35.3 Å². The van der Waals surface area contributed by atoms with Gasteiger partial charge in [-0.2, -0.15) is 0 Å². The molecule has 5 nitrogen and oxygen atoms in total. The molecule has 1 aromatic carbocycles. The molecular formula is C15H19N5. The van der Waals surface area contributed by atoms with Crippen molar-refractivity contribution in [2.24, 2.45) is 14.1 Å². The predicted molar refractivity (Wildman–Crippen MR) is 80.4 cm³/mol. The molecule has 0 aliphatic heterocycles. The maximum absolute atomic E-state index is 4.64. The minimum absolute atomic E-state index is 0.767. The number of rotatable bonds is 3. The highest BCUT2D eigenvalue weighted by atomic mass is 15.1. The van der Waals surface area contributed by atoms with Crippen molar-refractivity contribution in [3.63, 3.8) is 0 Å². The smallest absolute Gasteiger partial charge is 0.123 e. The van der Waals surface area contributed by atoms with E-state index >= 15 is 0 Å². The molecule has 0 saturated heterocycles. The van der Waals surface area contributed by atoms with E-state index < -0.39 is 0 Å². The van der Waals surface area contributed by atoms with Gasteiger partial charge in [-0.3, -0.25) is 0 Å². The molecule has 0 amide bonds. The second-order valence-corrected chi connectivity index (χ2v) is 5.11. The molecule has 2 aromatic heterocycles. The Kier molecular flexibility index (Phi) is 3.06. The van der Waals surface area contributed by atoms with E-state index in [1.54, 1.807) is 0 Å². The van der Waals surface area contributed by atoms with Gasteiger partial charge in [0.25, 0.3) is 0 Å². The van der Waals surface area contributed by atoms with Crippen LogP contribution < -0.4 is 5.32 Å². The van der Waals surface area contributed by atoms with Crippen molar-refractivity contribution in [2.75, 3.05) is 7.05 Å². The minimum atomic E-state index is 0.767. The Morgan fingerprint density at radius 2 is 2.05 bits per heavy atom. The Balaban J connectivity index is 2.15. The van der Waals surface area contributed by atoms with Gasteiger partial charge >= 0.3 is 0 Å². The van der Waals surface area contributed by atoms with Gasteiger partial charge in [-0.25, -0.2) is 9.97 Å². The Labute approximate surface area is 118 Å². The standard InChI is InChI=1S/C15H19N5/c1-10-15(20(4)14(18-10)8-16-2)11-5-6-13-12(7-11)17-9-19(13)3/h5-7,9,16H,8H2,1-4H3. The lowest BCUT2D eigenvalue weighted by molar-refractivity contribution is 0.712. The second kappa shape index (κ2) is 4.76. The summed E-state index contributed by atoms with van der Waals surface area (Å²) in [5, 5.41) is 3.15. The number of aromatic nitrogens is 4. The lowest BCUT2D eigenvalue weighted by Gasteiger charge is -2.07. The summed E-state index contributed by atoms with van der Waals surface area (Å²) in [5.41, 5.74) is 5.52. The third kappa shape index (κ3) is 1.91. The molecule has 0 aliphatic rings. The first-order chi connectivity index (χ1) is 9.61. The normalized spacial score (nSPS) is 11.4. The molecule has 3 aromatic rings. The fourth-order valence-corrected chi connectivity index (χ4v) is 2.70. The fourth-order valence-electron chi connectivity index (χ4n) is 2.70. The number of nitrogens with one attached hydrogen (secondary N) is 1. The fraction of sp³-hybridized carbons (Fsp3) is 0.333. The van der Waals surface area contributed by atoms with Crippen molar-refractivity contribution in [2.45, 2.75) is 13.5 Å². The Hall–Kier alpha value is -2.14. The highest BCUT2D eigenvalue weighted by Crippen LogP contribution is 2.26. The monoisotopic (exact) mass is 269 g/mol.